The molecule has 5 nitrogen and oxygen atoms in total. The summed E-state index contributed by atoms with van der Waals surface area (Å²) in [6, 6.07) is 2.45. The number of hydrogen-bond donors (Lipinski definition) is 0. The van der Waals surface area contributed by atoms with E-state index < -0.39 is 17.2 Å². The molecule has 132 valence electrons. The number of hydroxylamine groups is 2. The van der Waals surface area contributed by atoms with Crippen molar-refractivity contribution in [2.24, 2.45) is 0 Å². The predicted octanol–water partition coefficient (Wildman–Crippen LogP) is 3.70. The quantitative estimate of drug-likeness (QED) is 0.359. The third-order valence-electron chi connectivity index (χ3n) is 4.59. The van der Waals surface area contributed by atoms with Gasteiger partial charge in [0.2, 0.25) is 0 Å². The highest BCUT2D eigenvalue weighted by molar-refractivity contribution is 6.32. The van der Waals surface area contributed by atoms with Crippen LogP contribution < -0.4 is 14.6 Å². The van der Waals surface area contributed by atoms with E-state index >= 15 is 0 Å². The lowest BCUT2D eigenvalue weighted by Crippen LogP contribution is -2.43. The number of ether oxygens (including phenoxy) is 1. The summed E-state index contributed by atoms with van der Waals surface area (Å²) < 4.78 is 20.7. The molecule has 24 heavy (non-hydrogen) atoms. The van der Waals surface area contributed by atoms with E-state index in [1.165, 1.54) is 10.6 Å². The molecule has 2 fully saturated rings. The third kappa shape index (κ3) is 3.24. The van der Waals surface area contributed by atoms with Crippen LogP contribution in [0.3, 0.4) is 0 Å². The molecule has 0 bridgehead atoms. The van der Waals surface area contributed by atoms with Gasteiger partial charge in [-0.25, -0.2) is 9.04 Å². The Morgan fingerprint density at radius 2 is 2.00 bits per heavy atom. The van der Waals surface area contributed by atoms with Crippen molar-refractivity contribution in [3.05, 3.63) is 39.5 Å². The molecule has 7 heteroatoms. The maximum absolute atomic E-state index is 14.4. The van der Waals surface area contributed by atoms with E-state index in [4.69, 9.17) is 16.3 Å². The zero-order valence-corrected chi connectivity index (χ0v) is 14.6. The molecule has 1 aliphatic heterocycles. The molecule has 0 aromatic heterocycles. The van der Waals surface area contributed by atoms with Crippen LogP contribution in [0.5, 0.6) is 5.75 Å². The van der Waals surface area contributed by atoms with Crippen LogP contribution in [0.1, 0.15) is 39.5 Å². The number of quaternary nitrogens is 1. The number of rotatable bonds is 3. The first kappa shape index (κ1) is 17.5. The van der Waals surface area contributed by atoms with Crippen LogP contribution in [0, 0.1) is 11.0 Å². The molecule has 0 radical (unpaired) electrons. The van der Waals surface area contributed by atoms with Gasteiger partial charge in [0.05, 0.1) is 11.1 Å². The van der Waals surface area contributed by atoms with E-state index in [9.17, 15) is 14.9 Å². The average molecular weight is 358 g/mol. The van der Waals surface area contributed by atoms with Gasteiger partial charge in [0.1, 0.15) is 5.75 Å². The number of allylic oxidation sites excluding steroid dienone is 1. The van der Waals surface area contributed by atoms with Crippen LogP contribution in [0.2, 0.25) is 5.02 Å². The van der Waals surface area contributed by atoms with Crippen molar-refractivity contribution in [2.45, 2.75) is 45.6 Å². The maximum atomic E-state index is 14.4. The first-order valence-electron chi connectivity index (χ1n) is 8.09. The monoisotopic (exact) mass is 357 g/mol. The van der Waals surface area contributed by atoms with Gasteiger partial charge in [-0.05, 0) is 39.5 Å². The van der Waals surface area contributed by atoms with Gasteiger partial charge in [0.25, 0.3) is 5.76 Å². The van der Waals surface area contributed by atoms with E-state index in [-0.39, 0.29) is 23.4 Å². The molecule has 3 rings (SSSR count). The fourth-order valence-corrected chi connectivity index (χ4v) is 3.46. The predicted molar refractivity (Wildman–Crippen MR) is 88.6 cm³/mol. The first-order valence-corrected chi connectivity index (χ1v) is 8.47. The van der Waals surface area contributed by atoms with Gasteiger partial charge >= 0.3 is 6.73 Å². The number of nitrogens with zero attached hydrogens (tertiary/aromatic N) is 1. The van der Waals surface area contributed by atoms with Crippen LogP contribution in [0.15, 0.2) is 23.5 Å². The third-order valence-corrected chi connectivity index (χ3v) is 4.89. The molecule has 2 aliphatic rings. The van der Waals surface area contributed by atoms with Crippen molar-refractivity contribution in [3.8, 4) is 5.75 Å². The summed E-state index contributed by atoms with van der Waals surface area (Å²) in [5.41, 5.74) is 0.597. The first-order chi connectivity index (χ1) is 11.3. The Balaban J connectivity index is 1.94. The number of benzene rings is 1. The van der Waals surface area contributed by atoms with Gasteiger partial charge in [-0.2, -0.15) is 0 Å². The lowest BCUT2D eigenvalue weighted by atomic mass is 10.2. The minimum absolute atomic E-state index is 0.0400. The summed E-state index contributed by atoms with van der Waals surface area (Å²) in [5, 5.41) is 25.1. The Kier molecular flexibility index (Phi) is 4.75. The second kappa shape index (κ2) is 6.52. The van der Waals surface area contributed by atoms with Gasteiger partial charge in [0, 0.05) is 17.7 Å². The molecule has 1 unspecified atom stereocenters. The van der Waals surface area contributed by atoms with Gasteiger partial charge in [-0.3, -0.25) is 0 Å². The summed E-state index contributed by atoms with van der Waals surface area (Å²) in [7, 11) is 0. The minimum atomic E-state index is -1.10. The molecule has 0 spiro atoms. The Hall–Kier alpha value is -1.34. The van der Waals surface area contributed by atoms with Crippen LogP contribution in [0.4, 0.5) is 10.1 Å². The van der Waals surface area contributed by atoms with Gasteiger partial charge in [-0.15, -0.1) is 0 Å². The molecule has 1 saturated heterocycles. The van der Waals surface area contributed by atoms with Crippen molar-refractivity contribution < 1.29 is 18.9 Å². The molecule has 1 aromatic carbocycles. The maximum Gasteiger partial charge on any atom is 0.321 e. The normalized spacial score (nSPS) is 24.8. The van der Waals surface area contributed by atoms with E-state index in [0.717, 1.165) is 37.3 Å². The largest absolute Gasteiger partial charge is 0.620 e. The van der Waals surface area contributed by atoms with E-state index in [0.29, 0.717) is 11.5 Å². The van der Waals surface area contributed by atoms with Crippen LogP contribution in [-0.4, -0.2) is 19.4 Å². The molecule has 1 aliphatic carbocycles. The second-order valence-electron chi connectivity index (χ2n) is 6.70. The standard InChI is InChI=1S/C17H21ClFNO4/c1-11(2)17-9-20(21,10-24(17)22)15-8-16(13(18)7-14(15)19)23-12-5-3-4-6-12/h7-8,12H,3-6,9-10H2,1-2H3. The fraction of sp³-hybridized carbons (Fsp3) is 0.529. The SMILES string of the molecule is CC(C)=C1C[N+]([O-])(c2cc(OC3CCCC3)c(Cl)cc2F)C[O+]1[O-]. The molecule has 0 N–H and O–H groups in total. The highest BCUT2D eigenvalue weighted by atomic mass is 35.5. The van der Waals surface area contributed by atoms with Crippen molar-refractivity contribution in [1.82, 2.24) is 4.65 Å². The lowest BCUT2D eigenvalue weighted by Gasteiger charge is -2.33. The van der Waals surface area contributed by atoms with Crippen LogP contribution in [-0.2, 0) is 4.52 Å². The Morgan fingerprint density at radius 1 is 1.33 bits per heavy atom. The number of halogens is 2. The summed E-state index contributed by atoms with van der Waals surface area (Å²) in [4.78, 5) is 0. The van der Waals surface area contributed by atoms with E-state index in [1.807, 2.05) is 0 Å². The Labute approximate surface area is 145 Å². The van der Waals surface area contributed by atoms with Gasteiger partial charge in [-0.1, -0.05) is 11.6 Å². The van der Waals surface area contributed by atoms with Crippen molar-refractivity contribution in [3.63, 3.8) is 0 Å². The van der Waals surface area contributed by atoms with Crippen molar-refractivity contribution in [1.29, 1.82) is 0 Å². The molecule has 1 saturated carbocycles. The Morgan fingerprint density at radius 3 is 2.58 bits per heavy atom. The fourth-order valence-electron chi connectivity index (χ4n) is 3.26. The van der Waals surface area contributed by atoms with Gasteiger partial charge < -0.3 is 19.7 Å². The van der Waals surface area contributed by atoms with Crippen molar-refractivity contribution in [2.75, 3.05) is 13.3 Å². The lowest BCUT2D eigenvalue weighted by molar-refractivity contribution is -0.773. The highest BCUT2D eigenvalue weighted by Crippen LogP contribution is 2.40. The molecule has 0 amide bonds. The van der Waals surface area contributed by atoms with E-state index in [2.05, 4.69) is 0 Å². The molecular formula is C17H21ClFNO4. The van der Waals surface area contributed by atoms with Crippen molar-refractivity contribution >= 4 is 17.3 Å². The smallest absolute Gasteiger partial charge is 0.321 e. The summed E-state index contributed by atoms with van der Waals surface area (Å²) in [6.45, 7) is 2.91. The molecule has 1 aromatic rings. The summed E-state index contributed by atoms with van der Waals surface area (Å²) >= 11 is 6.08. The average Bonchev–Trinajstić information content (AvgIpc) is 3.10. The molecular weight excluding hydrogens is 337 g/mol. The molecule has 1 heterocycles. The number of hydrogen-bond acceptors (Lipinski definition) is 3. The zero-order chi connectivity index (χ0) is 17.5. The summed E-state index contributed by atoms with van der Waals surface area (Å²) in [5.74, 6) is -0.100. The van der Waals surface area contributed by atoms with Gasteiger partial charge in [0.15, 0.2) is 18.0 Å². The highest BCUT2D eigenvalue weighted by Gasteiger charge is 2.41. The van der Waals surface area contributed by atoms with Crippen LogP contribution >= 0.6 is 11.6 Å². The Bertz CT molecular complexity index is 671. The van der Waals surface area contributed by atoms with Crippen LogP contribution in [0.25, 0.3) is 0 Å². The van der Waals surface area contributed by atoms with E-state index in [1.54, 1.807) is 13.8 Å². The summed E-state index contributed by atoms with van der Waals surface area (Å²) in [6.07, 6.45) is 4.06. The molecule has 1 atom stereocenters. The second-order valence-corrected chi connectivity index (χ2v) is 7.11. The minimum Gasteiger partial charge on any atom is -0.620 e. The zero-order valence-electron chi connectivity index (χ0n) is 13.8. The topological polar surface area (TPSA) is 58.0 Å².